The van der Waals surface area contributed by atoms with Crippen LogP contribution in [-0.4, -0.2) is 17.7 Å². The molecule has 2 aromatic carbocycles. The van der Waals surface area contributed by atoms with Crippen LogP contribution in [0.3, 0.4) is 0 Å². The van der Waals surface area contributed by atoms with E-state index < -0.39 is 17.7 Å². The number of anilines is 2. The van der Waals surface area contributed by atoms with Crippen LogP contribution in [-0.2, 0) is 9.59 Å². The summed E-state index contributed by atoms with van der Waals surface area (Å²) in [4.78, 5) is 24.8. The standard InChI is InChI=1S/C17H15Cl3N2O2/c18-8-7-15(16(23)21-13-5-1-3-11(19)9-13)17(24)22-14-6-2-4-12(20)10-14/h1-6,9-10,15H,7-8H2,(H,21,23)(H,22,24). The molecule has 126 valence electrons. The first-order chi connectivity index (χ1) is 11.5. The van der Waals surface area contributed by atoms with Gasteiger partial charge in [-0.1, -0.05) is 35.3 Å². The molecule has 7 heteroatoms. The number of rotatable bonds is 6. The molecule has 0 saturated heterocycles. The van der Waals surface area contributed by atoms with E-state index in [2.05, 4.69) is 10.6 Å². The van der Waals surface area contributed by atoms with Crippen molar-refractivity contribution in [1.29, 1.82) is 0 Å². The van der Waals surface area contributed by atoms with E-state index in [-0.39, 0.29) is 12.3 Å². The molecule has 4 nitrogen and oxygen atoms in total. The molecule has 0 aliphatic heterocycles. The summed E-state index contributed by atoms with van der Waals surface area (Å²) < 4.78 is 0. The first-order valence-corrected chi connectivity index (χ1v) is 8.47. The van der Waals surface area contributed by atoms with Gasteiger partial charge in [0.25, 0.3) is 0 Å². The second kappa shape index (κ2) is 8.92. The molecule has 0 bridgehead atoms. The Morgan fingerprint density at radius 1 is 0.875 bits per heavy atom. The minimum absolute atomic E-state index is 0.177. The highest BCUT2D eigenvalue weighted by atomic mass is 35.5. The molecule has 0 aliphatic rings. The predicted molar refractivity (Wildman–Crippen MR) is 99.0 cm³/mol. The molecule has 0 spiro atoms. The summed E-state index contributed by atoms with van der Waals surface area (Å²) in [7, 11) is 0. The fraction of sp³-hybridized carbons (Fsp3) is 0.176. The highest BCUT2D eigenvalue weighted by Gasteiger charge is 2.26. The highest BCUT2D eigenvalue weighted by molar-refractivity contribution is 6.31. The van der Waals surface area contributed by atoms with E-state index in [1.54, 1.807) is 48.5 Å². The van der Waals surface area contributed by atoms with Gasteiger partial charge in [-0.25, -0.2) is 0 Å². The second-order valence-electron chi connectivity index (χ2n) is 5.03. The fourth-order valence-corrected chi connectivity index (χ4v) is 2.68. The van der Waals surface area contributed by atoms with Crippen molar-refractivity contribution in [2.24, 2.45) is 5.92 Å². The van der Waals surface area contributed by atoms with E-state index in [9.17, 15) is 9.59 Å². The number of halogens is 3. The molecular formula is C17H15Cl3N2O2. The molecule has 0 fully saturated rings. The minimum Gasteiger partial charge on any atom is -0.325 e. The van der Waals surface area contributed by atoms with E-state index in [4.69, 9.17) is 34.8 Å². The smallest absolute Gasteiger partial charge is 0.237 e. The van der Waals surface area contributed by atoms with Crippen LogP contribution < -0.4 is 10.6 Å². The van der Waals surface area contributed by atoms with Crippen molar-refractivity contribution in [1.82, 2.24) is 0 Å². The Bertz CT molecular complexity index is 678. The van der Waals surface area contributed by atoms with Crippen molar-refractivity contribution in [2.75, 3.05) is 16.5 Å². The first kappa shape index (κ1) is 18.6. The van der Waals surface area contributed by atoms with Gasteiger partial charge in [-0.15, -0.1) is 11.6 Å². The summed E-state index contributed by atoms with van der Waals surface area (Å²) in [5.74, 6) is -1.65. The topological polar surface area (TPSA) is 58.2 Å². The lowest BCUT2D eigenvalue weighted by Gasteiger charge is -2.16. The average Bonchev–Trinajstić information content (AvgIpc) is 2.52. The zero-order valence-electron chi connectivity index (χ0n) is 12.6. The van der Waals surface area contributed by atoms with Crippen molar-refractivity contribution in [3.8, 4) is 0 Å². The maximum atomic E-state index is 12.4. The van der Waals surface area contributed by atoms with Gasteiger partial charge in [-0.3, -0.25) is 9.59 Å². The molecule has 0 atom stereocenters. The van der Waals surface area contributed by atoms with Crippen LogP contribution in [0.15, 0.2) is 48.5 Å². The number of carbonyl (C=O) groups is 2. The maximum Gasteiger partial charge on any atom is 0.237 e. The van der Waals surface area contributed by atoms with Crippen molar-refractivity contribution in [3.63, 3.8) is 0 Å². The lowest BCUT2D eigenvalue weighted by Crippen LogP contribution is -2.34. The van der Waals surface area contributed by atoms with Crippen LogP contribution in [0.5, 0.6) is 0 Å². The first-order valence-electron chi connectivity index (χ1n) is 7.18. The van der Waals surface area contributed by atoms with Gasteiger partial charge in [-0.2, -0.15) is 0 Å². The second-order valence-corrected chi connectivity index (χ2v) is 6.28. The Morgan fingerprint density at radius 3 is 1.71 bits per heavy atom. The lowest BCUT2D eigenvalue weighted by molar-refractivity contribution is -0.129. The van der Waals surface area contributed by atoms with E-state index in [1.807, 2.05) is 0 Å². The van der Waals surface area contributed by atoms with Gasteiger partial charge >= 0.3 is 0 Å². The van der Waals surface area contributed by atoms with Crippen LogP contribution >= 0.6 is 34.8 Å². The number of alkyl halides is 1. The summed E-state index contributed by atoms with van der Waals surface area (Å²) in [6.45, 7) is 0. The van der Waals surface area contributed by atoms with Crippen molar-refractivity contribution in [3.05, 3.63) is 58.6 Å². The third-order valence-corrected chi connectivity index (χ3v) is 3.90. The van der Waals surface area contributed by atoms with E-state index in [0.29, 0.717) is 21.4 Å². The molecule has 0 aromatic heterocycles. The Balaban J connectivity index is 2.09. The Kier molecular flexibility index (Phi) is 6.91. The van der Waals surface area contributed by atoms with Crippen LogP contribution in [0, 0.1) is 5.92 Å². The van der Waals surface area contributed by atoms with Gasteiger partial charge < -0.3 is 10.6 Å². The van der Waals surface area contributed by atoms with Gasteiger partial charge in [0, 0.05) is 27.3 Å². The zero-order valence-corrected chi connectivity index (χ0v) is 14.8. The Hall–Kier alpha value is -1.75. The number of amides is 2. The van der Waals surface area contributed by atoms with Crippen LogP contribution in [0.4, 0.5) is 11.4 Å². The van der Waals surface area contributed by atoms with E-state index >= 15 is 0 Å². The van der Waals surface area contributed by atoms with Gasteiger partial charge in [0.1, 0.15) is 5.92 Å². The van der Waals surface area contributed by atoms with Gasteiger partial charge in [0.2, 0.25) is 11.8 Å². The lowest BCUT2D eigenvalue weighted by atomic mass is 10.0. The monoisotopic (exact) mass is 384 g/mol. The number of hydrogen-bond donors (Lipinski definition) is 2. The minimum atomic E-state index is -0.930. The molecule has 0 heterocycles. The summed E-state index contributed by atoms with van der Waals surface area (Å²) in [5.41, 5.74) is 1.03. The molecule has 2 rings (SSSR count). The largest absolute Gasteiger partial charge is 0.325 e. The summed E-state index contributed by atoms with van der Waals surface area (Å²) in [5, 5.41) is 6.34. The van der Waals surface area contributed by atoms with Crippen LogP contribution in [0.25, 0.3) is 0 Å². The average molecular weight is 386 g/mol. The summed E-state index contributed by atoms with van der Waals surface area (Å²) in [6, 6.07) is 13.4. The zero-order chi connectivity index (χ0) is 17.5. The molecule has 24 heavy (non-hydrogen) atoms. The van der Waals surface area contributed by atoms with Crippen molar-refractivity contribution < 1.29 is 9.59 Å². The molecule has 2 aromatic rings. The van der Waals surface area contributed by atoms with Crippen LogP contribution in [0.1, 0.15) is 6.42 Å². The predicted octanol–water partition coefficient (Wildman–Crippen LogP) is 4.82. The summed E-state index contributed by atoms with van der Waals surface area (Å²) >= 11 is 17.5. The molecule has 2 amide bonds. The summed E-state index contributed by atoms with van der Waals surface area (Å²) in [6.07, 6.45) is 0.209. The van der Waals surface area contributed by atoms with Gasteiger partial charge in [0.05, 0.1) is 0 Å². The fourth-order valence-electron chi connectivity index (χ4n) is 2.08. The van der Waals surface area contributed by atoms with Crippen molar-refractivity contribution in [2.45, 2.75) is 6.42 Å². The maximum absolute atomic E-state index is 12.4. The third kappa shape index (κ3) is 5.41. The quantitative estimate of drug-likeness (QED) is 0.553. The van der Waals surface area contributed by atoms with Crippen molar-refractivity contribution >= 4 is 58.0 Å². The number of carbonyl (C=O) groups excluding carboxylic acids is 2. The molecular weight excluding hydrogens is 371 g/mol. The van der Waals surface area contributed by atoms with Gasteiger partial charge in [-0.05, 0) is 42.8 Å². The third-order valence-electron chi connectivity index (χ3n) is 3.22. The molecule has 0 radical (unpaired) electrons. The Labute approximate surface area is 155 Å². The number of nitrogens with one attached hydrogen (secondary N) is 2. The Morgan fingerprint density at radius 2 is 1.33 bits per heavy atom. The number of hydrogen-bond acceptors (Lipinski definition) is 2. The molecule has 2 N–H and O–H groups in total. The van der Waals surface area contributed by atoms with Crippen LogP contribution in [0.2, 0.25) is 10.0 Å². The molecule has 0 saturated carbocycles. The normalized spacial score (nSPS) is 10.5. The van der Waals surface area contributed by atoms with E-state index in [1.165, 1.54) is 0 Å². The van der Waals surface area contributed by atoms with Gasteiger partial charge in [0.15, 0.2) is 0 Å². The molecule has 0 aliphatic carbocycles. The highest BCUT2D eigenvalue weighted by Crippen LogP contribution is 2.19. The number of benzene rings is 2. The SMILES string of the molecule is O=C(Nc1cccc(Cl)c1)C(CCCl)C(=O)Nc1cccc(Cl)c1. The molecule has 0 unspecified atom stereocenters. The van der Waals surface area contributed by atoms with E-state index in [0.717, 1.165) is 0 Å².